The van der Waals surface area contributed by atoms with Crippen LogP contribution < -0.4 is 4.90 Å². The van der Waals surface area contributed by atoms with E-state index in [0.29, 0.717) is 22.6 Å². The molecule has 0 unspecified atom stereocenters. The number of anilines is 1. The number of piperidine rings is 1. The summed E-state index contributed by atoms with van der Waals surface area (Å²) in [6.45, 7) is 1.99. The number of fused-ring (bicyclic) bond motifs is 2. The molecule has 5 heterocycles. The minimum Gasteiger partial charge on any atom is -0.355 e. The average Bonchev–Trinajstić information content (AvgIpc) is 3.43. The second kappa shape index (κ2) is 7.16. The topological polar surface area (TPSA) is 86.4 Å². The van der Waals surface area contributed by atoms with Gasteiger partial charge in [0, 0.05) is 54.3 Å². The number of nitrogens with zero attached hydrogens (tertiary/aromatic N) is 5. The molecule has 0 radical (unpaired) electrons. The average molecular weight is 413 g/mol. The van der Waals surface area contributed by atoms with E-state index in [4.69, 9.17) is 4.98 Å². The molecule has 2 N–H and O–H groups in total. The van der Waals surface area contributed by atoms with Crippen LogP contribution in [-0.4, -0.2) is 43.2 Å². The first-order valence-electron chi connectivity index (χ1n) is 10.5. The van der Waals surface area contributed by atoms with Crippen LogP contribution in [0.4, 0.5) is 10.2 Å². The van der Waals surface area contributed by atoms with Crippen molar-refractivity contribution in [3.63, 3.8) is 0 Å². The molecule has 1 aromatic carbocycles. The van der Waals surface area contributed by atoms with Gasteiger partial charge in [-0.2, -0.15) is 5.10 Å². The van der Waals surface area contributed by atoms with Crippen LogP contribution in [0.3, 0.4) is 0 Å². The van der Waals surface area contributed by atoms with Crippen molar-refractivity contribution < 1.29 is 4.39 Å². The van der Waals surface area contributed by atoms with Gasteiger partial charge in [0.25, 0.3) is 0 Å². The van der Waals surface area contributed by atoms with E-state index in [-0.39, 0.29) is 5.82 Å². The molecule has 8 heteroatoms. The van der Waals surface area contributed by atoms with Gasteiger partial charge in [0.05, 0.1) is 11.0 Å². The standard InChI is InChI=1S/C23H20FN7/c24-17-12-19-16(11-15(17)14-5-4-7-25-13-14)20(30-29-19)22-27-18-6-8-26-23(21(18)28-22)31-9-2-1-3-10-31/h4-8,11-13H,1-3,9-10H2,(H,27,28)(H,29,30). The predicted octanol–water partition coefficient (Wildman–Crippen LogP) is 4.69. The summed E-state index contributed by atoms with van der Waals surface area (Å²) in [4.78, 5) is 19.3. The van der Waals surface area contributed by atoms with Crippen molar-refractivity contribution in [2.45, 2.75) is 19.3 Å². The van der Waals surface area contributed by atoms with Crippen LogP contribution in [0.25, 0.3) is 44.6 Å². The largest absolute Gasteiger partial charge is 0.355 e. The van der Waals surface area contributed by atoms with E-state index in [0.717, 1.165) is 40.9 Å². The Morgan fingerprint density at radius 2 is 1.90 bits per heavy atom. The third-order valence-electron chi connectivity index (χ3n) is 5.88. The highest BCUT2D eigenvalue weighted by molar-refractivity contribution is 5.97. The van der Waals surface area contributed by atoms with Crippen LogP contribution in [-0.2, 0) is 0 Å². The first-order valence-corrected chi connectivity index (χ1v) is 10.5. The summed E-state index contributed by atoms with van der Waals surface area (Å²) in [5.41, 5.74) is 4.22. The summed E-state index contributed by atoms with van der Waals surface area (Å²) in [6, 6.07) is 8.84. The Morgan fingerprint density at radius 3 is 2.74 bits per heavy atom. The number of H-pyrrole nitrogens is 2. The molecule has 1 fully saturated rings. The molecule has 6 rings (SSSR count). The first-order chi connectivity index (χ1) is 15.3. The van der Waals surface area contributed by atoms with Crippen LogP contribution in [0, 0.1) is 5.82 Å². The number of imidazole rings is 1. The second-order valence-electron chi connectivity index (χ2n) is 7.86. The fourth-order valence-corrected chi connectivity index (χ4v) is 4.33. The summed E-state index contributed by atoms with van der Waals surface area (Å²) in [6.07, 6.45) is 8.73. The number of rotatable bonds is 3. The van der Waals surface area contributed by atoms with Gasteiger partial charge in [-0.05, 0) is 37.5 Å². The van der Waals surface area contributed by atoms with Crippen LogP contribution >= 0.6 is 0 Å². The van der Waals surface area contributed by atoms with E-state index in [1.165, 1.54) is 25.3 Å². The lowest BCUT2D eigenvalue weighted by atomic mass is 10.0. The fraction of sp³-hybridized carbons (Fsp3) is 0.217. The number of pyridine rings is 2. The molecule has 7 nitrogen and oxygen atoms in total. The summed E-state index contributed by atoms with van der Waals surface area (Å²) < 4.78 is 14.7. The molecule has 0 amide bonds. The van der Waals surface area contributed by atoms with Crippen molar-refractivity contribution in [2.24, 2.45) is 0 Å². The zero-order valence-corrected chi connectivity index (χ0v) is 16.8. The van der Waals surface area contributed by atoms with Gasteiger partial charge in [-0.15, -0.1) is 0 Å². The summed E-state index contributed by atoms with van der Waals surface area (Å²) >= 11 is 0. The Labute approximate surface area is 177 Å². The predicted molar refractivity (Wildman–Crippen MR) is 118 cm³/mol. The van der Waals surface area contributed by atoms with Gasteiger partial charge in [0.15, 0.2) is 11.6 Å². The van der Waals surface area contributed by atoms with E-state index < -0.39 is 0 Å². The molecule has 0 atom stereocenters. The molecule has 5 aromatic rings. The number of benzene rings is 1. The van der Waals surface area contributed by atoms with Crippen molar-refractivity contribution in [3.8, 4) is 22.6 Å². The molecular weight excluding hydrogens is 393 g/mol. The lowest BCUT2D eigenvalue weighted by Gasteiger charge is -2.27. The van der Waals surface area contributed by atoms with Crippen LogP contribution in [0.15, 0.2) is 48.9 Å². The third-order valence-corrected chi connectivity index (χ3v) is 5.88. The molecular formula is C23H20FN7. The van der Waals surface area contributed by atoms with Gasteiger partial charge in [-0.1, -0.05) is 6.07 Å². The van der Waals surface area contributed by atoms with E-state index in [1.807, 2.05) is 18.3 Å². The van der Waals surface area contributed by atoms with Gasteiger partial charge in [0.2, 0.25) is 0 Å². The molecule has 4 aromatic heterocycles. The van der Waals surface area contributed by atoms with E-state index in [2.05, 4.69) is 30.0 Å². The highest BCUT2D eigenvalue weighted by Gasteiger charge is 2.20. The van der Waals surface area contributed by atoms with Crippen LogP contribution in [0.1, 0.15) is 19.3 Å². The number of aromatic amines is 2. The lowest BCUT2D eigenvalue weighted by Crippen LogP contribution is -2.30. The highest BCUT2D eigenvalue weighted by Crippen LogP contribution is 2.33. The van der Waals surface area contributed by atoms with E-state index in [1.54, 1.807) is 24.5 Å². The smallest absolute Gasteiger partial charge is 0.159 e. The zero-order chi connectivity index (χ0) is 20.8. The highest BCUT2D eigenvalue weighted by atomic mass is 19.1. The molecule has 1 saturated heterocycles. The van der Waals surface area contributed by atoms with Crippen molar-refractivity contribution in [3.05, 3.63) is 54.7 Å². The minimum absolute atomic E-state index is 0.322. The summed E-state index contributed by atoms with van der Waals surface area (Å²) in [5.74, 6) is 1.22. The maximum absolute atomic E-state index is 14.7. The number of halogens is 1. The van der Waals surface area contributed by atoms with Crippen molar-refractivity contribution >= 4 is 27.8 Å². The monoisotopic (exact) mass is 413 g/mol. The van der Waals surface area contributed by atoms with E-state index >= 15 is 0 Å². The summed E-state index contributed by atoms with van der Waals surface area (Å²) in [5, 5.41) is 8.18. The maximum atomic E-state index is 14.7. The number of hydrogen-bond acceptors (Lipinski definition) is 5. The molecule has 0 saturated carbocycles. The molecule has 1 aliphatic heterocycles. The Kier molecular flexibility index (Phi) is 4.15. The van der Waals surface area contributed by atoms with Gasteiger partial charge in [-0.25, -0.2) is 14.4 Å². The van der Waals surface area contributed by atoms with Crippen LogP contribution in [0.2, 0.25) is 0 Å². The molecule has 154 valence electrons. The van der Waals surface area contributed by atoms with Crippen molar-refractivity contribution in [1.82, 2.24) is 30.1 Å². The van der Waals surface area contributed by atoms with Crippen molar-refractivity contribution in [1.29, 1.82) is 0 Å². The molecule has 31 heavy (non-hydrogen) atoms. The number of hydrogen-bond donors (Lipinski definition) is 2. The Hall–Kier alpha value is -3.81. The maximum Gasteiger partial charge on any atom is 0.159 e. The normalized spacial score (nSPS) is 14.5. The fourth-order valence-electron chi connectivity index (χ4n) is 4.33. The zero-order valence-electron chi connectivity index (χ0n) is 16.8. The first kappa shape index (κ1) is 18.0. The van der Waals surface area contributed by atoms with E-state index in [9.17, 15) is 4.39 Å². The molecule has 1 aliphatic rings. The number of nitrogens with one attached hydrogen (secondary N) is 2. The lowest BCUT2D eigenvalue weighted by molar-refractivity contribution is 0.574. The summed E-state index contributed by atoms with van der Waals surface area (Å²) in [7, 11) is 0. The Bertz CT molecular complexity index is 1380. The van der Waals surface area contributed by atoms with Gasteiger partial charge < -0.3 is 9.88 Å². The Morgan fingerprint density at radius 1 is 1.00 bits per heavy atom. The van der Waals surface area contributed by atoms with Crippen LogP contribution in [0.5, 0.6) is 0 Å². The quantitative estimate of drug-likeness (QED) is 0.448. The number of aromatic nitrogens is 6. The van der Waals surface area contributed by atoms with Crippen molar-refractivity contribution in [2.75, 3.05) is 18.0 Å². The van der Waals surface area contributed by atoms with Gasteiger partial charge in [0.1, 0.15) is 17.0 Å². The Balaban J connectivity index is 1.49. The third kappa shape index (κ3) is 3.02. The molecule has 0 aliphatic carbocycles. The molecule has 0 bridgehead atoms. The van der Waals surface area contributed by atoms with Gasteiger partial charge in [-0.3, -0.25) is 10.1 Å². The molecule has 0 spiro atoms. The van der Waals surface area contributed by atoms with Gasteiger partial charge >= 0.3 is 0 Å². The SMILES string of the molecule is Fc1cc2[nH]nc(-c3nc4c(N5CCCCC5)nccc4[nH]3)c2cc1-c1cccnc1. The minimum atomic E-state index is -0.322. The second-order valence-corrected chi connectivity index (χ2v) is 7.86.